The van der Waals surface area contributed by atoms with E-state index in [-0.39, 0.29) is 12.8 Å². The van der Waals surface area contributed by atoms with Gasteiger partial charge in [-0.05, 0) is 99.0 Å². The predicted molar refractivity (Wildman–Crippen MR) is 161 cm³/mol. The van der Waals surface area contributed by atoms with Gasteiger partial charge in [0.1, 0.15) is 5.75 Å². The fraction of sp³-hybridized carbons (Fsp3) is 0.314. The van der Waals surface area contributed by atoms with Gasteiger partial charge >= 0.3 is 11.9 Å². The molecule has 0 bridgehead atoms. The minimum absolute atomic E-state index is 0.0456. The third-order valence-corrected chi connectivity index (χ3v) is 7.43. The van der Waals surface area contributed by atoms with E-state index in [1.165, 1.54) is 0 Å². The number of nitrogens with zero attached hydrogens (tertiary/aromatic N) is 1. The smallest absolute Gasteiger partial charge is 0.303 e. The van der Waals surface area contributed by atoms with Gasteiger partial charge in [-0.25, -0.2) is 13.2 Å². The molecule has 0 amide bonds. The van der Waals surface area contributed by atoms with E-state index in [1.807, 2.05) is 49.4 Å². The zero-order valence-corrected chi connectivity index (χ0v) is 24.5. The lowest BCUT2D eigenvalue weighted by atomic mass is 10.0. The van der Waals surface area contributed by atoms with Crippen LogP contribution in [0.25, 0.3) is 10.9 Å². The van der Waals surface area contributed by atoms with E-state index >= 15 is 0 Å². The lowest BCUT2D eigenvalue weighted by Crippen LogP contribution is -2.05. The van der Waals surface area contributed by atoms with Crippen LogP contribution in [0.4, 0.5) is 13.2 Å². The number of para-hydroxylation sites is 1. The molecule has 0 spiro atoms. The van der Waals surface area contributed by atoms with E-state index in [2.05, 4.69) is 16.4 Å². The van der Waals surface area contributed by atoms with Gasteiger partial charge in [-0.1, -0.05) is 24.0 Å². The van der Waals surface area contributed by atoms with E-state index in [9.17, 15) is 22.8 Å². The lowest BCUT2D eigenvalue weighted by Gasteiger charge is -2.09. The number of fused-ring (bicyclic) bond motifs is 1. The summed E-state index contributed by atoms with van der Waals surface area (Å²) in [7, 11) is 0. The molecule has 0 aliphatic rings. The van der Waals surface area contributed by atoms with Crippen LogP contribution < -0.4 is 4.74 Å². The molecule has 0 aliphatic carbocycles. The SMILES string of the molecule is Cc1c(CCCC(=O)O)c2cccc(C#Cc3ccc(OCCCCc4cc(F)c(F)c(F)c4)cc3)c2n1CCCC(=O)O. The first-order valence-corrected chi connectivity index (χ1v) is 14.6. The van der Waals surface area contributed by atoms with Crippen molar-refractivity contribution in [2.45, 2.75) is 64.8 Å². The molecule has 230 valence electrons. The number of hydrogen-bond donors (Lipinski definition) is 2. The molecule has 1 heterocycles. The van der Waals surface area contributed by atoms with Crippen LogP contribution in [-0.2, 0) is 29.0 Å². The highest BCUT2D eigenvalue weighted by Crippen LogP contribution is 2.30. The maximum atomic E-state index is 13.4. The number of carbonyl (C=O) groups is 2. The summed E-state index contributed by atoms with van der Waals surface area (Å²) in [5, 5.41) is 19.2. The summed E-state index contributed by atoms with van der Waals surface area (Å²) in [6.07, 6.45) is 3.36. The summed E-state index contributed by atoms with van der Waals surface area (Å²) in [5.74, 6) is 1.59. The zero-order valence-electron chi connectivity index (χ0n) is 24.5. The Morgan fingerprint density at radius 1 is 0.841 bits per heavy atom. The molecule has 4 aromatic rings. The number of benzene rings is 3. The van der Waals surface area contributed by atoms with Crippen LogP contribution in [0.2, 0.25) is 0 Å². The Labute approximate surface area is 254 Å². The second kappa shape index (κ2) is 15.1. The average molecular weight is 606 g/mol. The van der Waals surface area contributed by atoms with Crippen molar-refractivity contribution in [3.63, 3.8) is 0 Å². The highest BCUT2D eigenvalue weighted by molar-refractivity contribution is 5.90. The highest BCUT2D eigenvalue weighted by Gasteiger charge is 2.17. The van der Waals surface area contributed by atoms with Gasteiger partial charge < -0.3 is 19.5 Å². The van der Waals surface area contributed by atoms with Crippen molar-refractivity contribution < 1.29 is 37.7 Å². The standard InChI is InChI=1S/C35H34F3NO5/c1-23-28(9-5-11-32(40)41)29-10-4-8-26(35(29)39(23)19-6-12-33(42)43)16-13-24-14-17-27(18-15-24)44-20-3-2-7-25-21-30(36)34(38)31(37)22-25/h4,8,10,14-15,17-18,21-22H,2-3,5-7,9,11-12,19-20H2,1H3,(H,40,41)(H,42,43). The molecule has 0 atom stereocenters. The molecular formula is C35H34F3NO5. The number of aryl methyl sites for hydroxylation is 3. The number of rotatable bonds is 14. The number of aliphatic carboxylic acids is 2. The van der Waals surface area contributed by atoms with Crippen LogP contribution in [0.5, 0.6) is 5.75 Å². The van der Waals surface area contributed by atoms with Gasteiger partial charge in [-0.15, -0.1) is 0 Å². The quantitative estimate of drug-likeness (QED) is 0.0886. The first-order chi connectivity index (χ1) is 21.1. The van der Waals surface area contributed by atoms with Gasteiger partial charge in [-0.3, -0.25) is 9.59 Å². The Morgan fingerprint density at radius 2 is 1.52 bits per heavy atom. The van der Waals surface area contributed by atoms with Gasteiger partial charge in [-0.2, -0.15) is 0 Å². The fourth-order valence-corrected chi connectivity index (χ4v) is 5.25. The molecule has 1 aromatic heterocycles. The molecular weight excluding hydrogens is 571 g/mol. The van der Waals surface area contributed by atoms with Crippen molar-refractivity contribution in [2.24, 2.45) is 0 Å². The van der Waals surface area contributed by atoms with Crippen molar-refractivity contribution >= 4 is 22.8 Å². The zero-order chi connectivity index (χ0) is 31.6. The predicted octanol–water partition coefficient (Wildman–Crippen LogP) is 7.44. The number of carboxylic acid groups (broad SMARTS) is 2. The first kappa shape index (κ1) is 32.2. The number of hydrogen-bond acceptors (Lipinski definition) is 3. The third kappa shape index (κ3) is 8.44. The fourth-order valence-electron chi connectivity index (χ4n) is 5.25. The van der Waals surface area contributed by atoms with Crippen molar-refractivity contribution in [2.75, 3.05) is 6.61 Å². The first-order valence-electron chi connectivity index (χ1n) is 14.6. The lowest BCUT2D eigenvalue weighted by molar-refractivity contribution is -0.138. The van der Waals surface area contributed by atoms with Crippen molar-refractivity contribution in [3.8, 4) is 17.6 Å². The largest absolute Gasteiger partial charge is 0.494 e. The highest BCUT2D eigenvalue weighted by atomic mass is 19.2. The Bertz CT molecular complexity index is 1680. The Kier molecular flexibility index (Phi) is 11.1. The summed E-state index contributed by atoms with van der Waals surface area (Å²) >= 11 is 0. The topological polar surface area (TPSA) is 88.8 Å². The van der Waals surface area contributed by atoms with Crippen molar-refractivity contribution in [1.29, 1.82) is 0 Å². The van der Waals surface area contributed by atoms with Crippen LogP contribution in [0.15, 0.2) is 54.6 Å². The molecule has 44 heavy (non-hydrogen) atoms. The van der Waals surface area contributed by atoms with Crippen molar-refractivity contribution in [3.05, 3.63) is 100.0 Å². The van der Waals surface area contributed by atoms with Gasteiger partial charge in [0.15, 0.2) is 17.5 Å². The van der Waals surface area contributed by atoms with E-state index in [4.69, 9.17) is 14.9 Å². The second-order valence-electron chi connectivity index (χ2n) is 10.6. The Morgan fingerprint density at radius 3 is 2.20 bits per heavy atom. The summed E-state index contributed by atoms with van der Waals surface area (Å²) in [4.78, 5) is 22.2. The summed E-state index contributed by atoms with van der Waals surface area (Å²) in [5.41, 5.74) is 4.93. The average Bonchev–Trinajstić information content (AvgIpc) is 3.25. The van der Waals surface area contributed by atoms with Crippen LogP contribution in [0.3, 0.4) is 0 Å². The van der Waals surface area contributed by atoms with Gasteiger partial charge in [0.05, 0.1) is 12.1 Å². The van der Waals surface area contributed by atoms with Gasteiger partial charge in [0.25, 0.3) is 0 Å². The normalized spacial score (nSPS) is 10.9. The molecule has 0 saturated carbocycles. The molecule has 0 saturated heterocycles. The van der Waals surface area contributed by atoms with Crippen LogP contribution >= 0.6 is 0 Å². The van der Waals surface area contributed by atoms with Crippen molar-refractivity contribution in [1.82, 2.24) is 4.57 Å². The van der Waals surface area contributed by atoms with E-state index in [0.29, 0.717) is 63.0 Å². The maximum absolute atomic E-state index is 13.4. The molecule has 0 unspecified atom stereocenters. The third-order valence-electron chi connectivity index (χ3n) is 7.43. The number of unbranched alkanes of at least 4 members (excludes halogenated alkanes) is 1. The number of ether oxygens (including phenoxy) is 1. The minimum atomic E-state index is -1.46. The van der Waals surface area contributed by atoms with Crippen LogP contribution in [0, 0.1) is 36.2 Å². The van der Waals surface area contributed by atoms with E-state index in [0.717, 1.165) is 45.4 Å². The molecule has 3 aromatic carbocycles. The monoisotopic (exact) mass is 605 g/mol. The second-order valence-corrected chi connectivity index (χ2v) is 10.6. The van der Waals surface area contributed by atoms with Crippen LogP contribution in [0.1, 0.15) is 66.5 Å². The number of carboxylic acids is 2. The molecule has 9 heteroatoms. The van der Waals surface area contributed by atoms with Gasteiger partial charge in [0, 0.05) is 41.6 Å². The summed E-state index contributed by atoms with van der Waals surface area (Å²) in [6.45, 7) is 2.90. The summed E-state index contributed by atoms with van der Waals surface area (Å²) in [6, 6.07) is 15.2. The molecule has 0 fully saturated rings. The summed E-state index contributed by atoms with van der Waals surface area (Å²) < 4.78 is 47.7. The van der Waals surface area contributed by atoms with Crippen LogP contribution in [-0.4, -0.2) is 33.3 Å². The Hall–Kier alpha value is -4.71. The molecule has 6 nitrogen and oxygen atoms in total. The van der Waals surface area contributed by atoms with E-state index < -0.39 is 29.4 Å². The van der Waals surface area contributed by atoms with E-state index in [1.54, 1.807) is 0 Å². The molecule has 0 radical (unpaired) electrons. The molecule has 4 rings (SSSR count). The minimum Gasteiger partial charge on any atom is -0.494 e. The number of aromatic nitrogens is 1. The maximum Gasteiger partial charge on any atom is 0.303 e. The molecule has 0 aliphatic heterocycles. The Balaban J connectivity index is 1.43. The number of halogens is 3. The van der Waals surface area contributed by atoms with Gasteiger partial charge in [0.2, 0.25) is 0 Å². The molecule has 2 N–H and O–H groups in total.